The lowest BCUT2D eigenvalue weighted by atomic mass is 10.0. The molecule has 4 nitrogen and oxygen atoms in total. The Morgan fingerprint density at radius 1 is 1.24 bits per heavy atom. The molecule has 1 N–H and O–H groups in total. The zero-order chi connectivity index (χ0) is 14.4. The first-order chi connectivity index (χ1) is 10.2. The van der Waals surface area contributed by atoms with Crippen LogP contribution in [0.5, 0.6) is 0 Å². The third-order valence-corrected chi connectivity index (χ3v) is 6.30. The zero-order valence-corrected chi connectivity index (χ0v) is 13.3. The number of nitrogens with zero attached hydrogens (tertiary/aromatic N) is 2. The monoisotopic (exact) mass is 291 g/mol. The Labute approximate surface area is 128 Å². The summed E-state index contributed by atoms with van der Waals surface area (Å²) < 4.78 is 0. The summed E-state index contributed by atoms with van der Waals surface area (Å²) in [5.41, 5.74) is -0.129. The predicted molar refractivity (Wildman–Crippen MR) is 82.8 cm³/mol. The second kappa shape index (κ2) is 5.24. The van der Waals surface area contributed by atoms with E-state index in [1.54, 1.807) is 0 Å². The Morgan fingerprint density at radius 2 is 2.00 bits per heavy atom. The van der Waals surface area contributed by atoms with E-state index < -0.39 is 0 Å². The van der Waals surface area contributed by atoms with E-state index >= 15 is 0 Å². The van der Waals surface area contributed by atoms with Crippen LogP contribution >= 0.6 is 0 Å². The fourth-order valence-corrected chi connectivity index (χ4v) is 4.78. The second-order valence-electron chi connectivity index (χ2n) is 7.72. The van der Waals surface area contributed by atoms with Gasteiger partial charge in [-0.05, 0) is 57.0 Å². The summed E-state index contributed by atoms with van der Waals surface area (Å²) in [6, 6.07) is 0. The summed E-state index contributed by atoms with van der Waals surface area (Å²) in [5, 5.41) is 3.75. The van der Waals surface area contributed by atoms with Crippen LogP contribution in [0.4, 0.5) is 0 Å². The molecule has 0 radical (unpaired) electrons. The molecule has 0 bridgehead atoms. The van der Waals surface area contributed by atoms with E-state index in [1.807, 2.05) is 0 Å². The minimum atomic E-state index is -0.129. The van der Waals surface area contributed by atoms with Gasteiger partial charge in [-0.2, -0.15) is 0 Å². The Bertz CT molecular complexity index is 414. The molecule has 2 aliphatic heterocycles. The molecule has 4 aliphatic rings. The van der Waals surface area contributed by atoms with Crippen molar-refractivity contribution in [3.63, 3.8) is 0 Å². The molecule has 2 saturated carbocycles. The number of rotatable bonds is 4. The number of hydrogen-bond donors (Lipinski definition) is 1. The minimum Gasteiger partial charge on any atom is -0.325 e. The highest BCUT2D eigenvalue weighted by Crippen LogP contribution is 2.45. The quantitative estimate of drug-likeness (QED) is 0.858. The molecule has 4 rings (SSSR count). The number of hydrogen-bond acceptors (Lipinski definition) is 3. The summed E-state index contributed by atoms with van der Waals surface area (Å²) in [6.45, 7) is 6.79. The molecule has 4 fully saturated rings. The molecule has 2 unspecified atom stereocenters. The molecular weight excluding hydrogens is 262 g/mol. The van der Waals surface area contributed by atoms with Crippen molar-refractivity contribution in [1.82, 2.24) is 15.1 Å². The Balaban J connectivity index is 1.46. The average Bonchev–Trinajstić information content (AvgIpc) is 2.87. The van der Waals surface area contributed by atoms with E-state index in [1.165, 1.54) is 45.2 Å². The summed E-state index contributed by atoms with van der Waals surface area (Å²) in [7, 11) is 0. The van der Waals surface area contributed by atoms with Gasteiger partial charge in [-0.1, -0.05) is 19.8 Å². The highest BCUT2D eigenvalue weighted by molar-refractivity contribution is 5.91. The van der Waals surface area contributed by atoms with Gasteiger partial charge in [-0.25, -0.2) is 0 Å². The molecule has 1 spiro atoms. The highest BCUT2D eigenvalue weighted by atomic mass is 16.2. The van der Waals surface area contributed by atoms with Crippen LogP contribution in [0.15, 0.2) is 0 Å². The Morgan fingerprint density at radius 3 is 2.62 bits per heavy atom. The first-order valence-corrected chi connectivity index (χ1v) is 9.03. The van der Waals surface area contributed by atoms with E-state index in [9.17, 15) is 4.79 Å². The largest absolute Gasteiger partial charge is 0.325 e. The van der Waals surface area contributed by atoms with Crippen molar-refractivity contribution < 1.29 is 4.79 Å². The van der Waals surface area contributed by atoms with Gasteiger partial charge in [-0.3, -0.25) is 10.1 Å². The van der Waals surface area contributed by atoms with Gasteiger partial charge in [0.2, 0.25) is 5.91 Å². The number of likely N-dealkylation sites (tertiary alicyclic amines) is 1. The molecule has 2 heterocycles. The molecule has 1 amide bonds. The highest BCUT2D eigenvalue weighted by Gasteiger charge is 2.60. The summed E-state index contributed by atoms with van der Waals surface area (Å²) in [5.74, 6) is 1.82. The van der Waals surface area contributed by atoms with Crippen LogP contribution in [-0.2, 0) is 4.79 Å². The third kappa shape index (κ3) is 2.40. The maximum absolute atomic E-state index is 12.8. The van der Waals surface area contributed by atoms with Gasteiger partial charge in [0.25, 0.3) is 0 Å². The Kier molecular flexibility index (Phi) is 3.49. The van der Waals surface area contributed by atoms with Crippen LogP contribution in [0.3, 0.4) is 0 Å². The molecule has 118 valence electrons. The van der Waals surface area contributed by atoms with Crippen molar-refractivity contribution in [3.8, 4) is 0 Å². The maximum Gasteiger partial charge on any atom is 0.244 e. The number of nitrogens with one attached hydrogen (secondary N) is 1. The van der Waals surface area contributed by atoms with Gasteiger partial charge >= 0.3 is 0 Å². The van der Waals surface area contributed by atoms with Crippen molar-refractivity contribution in [2.45, 2.75) is 63.6 Å². The third-order valence-electron chi connectivity index (χ3n) is 6.30. The zero-order valence-electron chi connectivity index (χ0n) is 13.3. The van der Waals surface area contributed by atoms with E-state index in [0.29, 0.717) is 23.9 Å². The Hall–Kier alpha value is -0.610. The molecule has 0 aromatic rings. The molecule has 0 aromatic heterocycles. The molecule has 2 saturated heterocycles. The normalized spacial score (nSPS) is 36.2. The first kappa shape index (κ1) is 14.0. The van der Waals surface area contributed by atoms with Gasteiger partial charge in [-0.15, -0.1) is 0 Å². The predicted octanol–water partition coefficient (Wildman–Crippen LogP) is 1.81. The fraction of sp³-hybridized carbons (Fsp3) is 0.941. The van der Waals surface area contributed by atoms with Crippen LogP contribution in [0.2, 0.25) is 0 Å². The summed E-state index contributed by atoms with van der Waals surface area (Å²) in [6.07, 6.45) is 9.07. The van der Waals surface area contributed by atoms with Crippen molar-refractivity contribution in [3.05, 3.63) is 0 Å². The lowest BCUT2D eigenvalue weighted by Gasteiger charge is -2.31. The number of amides is 1. The molecule has 0 aromatic carbocycles. The van der Waals surface area contributed by atoms with Gasteiger partial charge in [0, 0.05) is 13.1 Å². The van der Waals surface area contributed by atoms with Crippen molar-refractivity contribution in [1.29, 1.82) is 0 Å². The van der Waals surface area contributed by atoms with Crippen LogP contribution < -0.4 is 5.32 Å². The van der Waals surface area contributed by atoms with Gasteiger partial charge in [0.15, 0.2) is 0 Å². The molecule has 2 atom stereocenters. The standard InChI is InChI=1S/C17H29N3O/c1-2-19-10-7-13(11-19)12-20-15(14-5-3-4-6-14)18-17(8-9-17)16(20)21/h13-15,18H,2-12H2,1H3. The average molecular weight is 291 g/mol. The van der Waals surface area contributed by atoms with Crippen LogP contribution in [0.1, 0.15) is 51.9 Å². The number of carbonyl (C=O) groups excluding carboxylic acids is 1. The van der Waals surface area contributed by atoms with Gasteiger partial charge in [0.1, 0.15) is 0 Å². The first-order valence-electron chi connectivity index (χ1n) is 9.03. The second-order valence-corrected chi connectivity index (χ2v) is 7.72. The van der Waals surface area contributed by atoms with Crippen LogP contribution in [-0.4, -0.2) is 53.6 Å². The summed E-state index contributed by atoms with van der Waals surface area (Å²) >= 11 is 0. The lowest BCUT2D eigenvalue weighted by Crippen LogP contribution is -2.45. The van der Waals surface area contributed by atoms with Gasteiger partial charge < -0.3 is 9.80 Å². The van der Waals surface area contributed by atoms with Crippen LogP contribution in [0.25, 0.3) is 0 Å². The molecule has 4 heteroatoms. The SMILES string of the molecule is CCN1CCC(CN2C(=O)C3(CC3)NC2C2CCCC2)C1. The lowest BCUT2D eigenvalue weighted by molar-refractivity contribution is -0.131. The van der Waals surface area contributed by atoms with E-state index in [2.05, 4.69) is 22.0 Å². The van der Waals surface area contributed by atoms with Crippen molar-refractivity contribution >= 4 is 5.91 Å². The maximum atomic E-state index is 12.8. The van der Waals surface area contributed by atoms with Crippen molar-refractivity contribution in [2.24, 2.45) is 11.8 Å². The minimum absolute atomic E-state index is 0.129. The van der Waals surface area contributed by atoms with Crippen LogP contribution in [0, 0.1) is 11.8 Å². The topological polar surface area (TPSA) is 35.6 Å². The molecule has 21 heavy (non-hydrogen) atoms. The smallest absolute Gasteiger partial charge is 0.244 e. The van der Waals surface area contributed by atoms with E-state index in [0.717, 1.165) is 25.9 Å². The van der Waals surface area contributed by atoms with E-state index in [-0.39, 0.29) is 5.54 Å². The van der Waals surface area contributed by atoms with Crippen molar-refractivity contribution in [2.75, 3.05) is 26.2 Å². The molecular formula is C17H29N3O. The van der Waals surface area contributed by atoms with Gasteiger partial charge in [0.05, 0.1) is 11.7 Å². The number of carbonyl (C=O) groups is 1. The van der Waals surface area contributed by atoms with E-state index in [4.69, 9.17) is 0 Å². The molecule has 2 aliphatic carbocycles. The fourth-order valence-electron chi connectivity index (χ4n) is 4.78. The summed E-state index contributed by atoms with van der Waals surface area (Å²) in [4.78, 5) is 17.6.